The molecule has 7 nitrogen and oxygen atoms in total. The van der Waals surface area contributed by atoms with E-state index < -0.39 is 5.60 Å². The number of nitrogens with one attached hydrogen (secondary N) is 2. The van der Waals surface area contributed by atoms with Crippen LogP contribution in [0.15, 0.2) is 29.4 Å². The standard InChI is InChI=1S/C19H26N4O3/c1-12-10-19(2,26-22-12)18(24)23-8-7-16-15(11-23)17(21-20-16)13-5-4-6-14(9-13)25-3/h4-6,9,15-17,20-21H,7-8,10-11H2,1-3H3. The summed E-state index contributed by atoms with van der Waals surface area (Å²) in [4.78, 5) is 20.5. The van der Waals surface area contributed by atoms with E-state index >= 15 is 0 Å². The van der Waals surface area contributed by atoms with Crippen molar-refractivity contribution in [1.82, 2.24) is 15.8 Å². The molecule has 2 saturated heterocycles. The summed E-state index contributed by atoms with van der Waals surface area (Å²) < 4.78 is 5.36. The molecular weight excluding hydrogens is 332 g/mol. The number of fused-ring (bicyclic) bond motifs is 1. The van der Waals surface area contributed by atoms with E-state index in [1.807, 2.05) is 30.9 Å². The van der Waals surface area contributed by atoms with Crippen molar-refractivity contribution in [1.29, 1.82) is 0 Å². The Bertz CT molecular complexity index is 737. The van der Waals surface area contributed by atoms with Crippen LogP contribution in [0.1, 0.15) is 38.3 Å². The number of benzene rings is 1. The van der Waals surface area contributed by atoms with Gasteiger partial charge in [-0.15, -0.1) is 0 Å². The topological polar surface area (TPSA) is 75.2 Å². The van der Waals surface area contributed by atoms with Gasteiger partial charge in [0.2, 0.25) is 5.60 Å². The van der Waals surface area contributed by atoms with Gasteiger partial charge >= 0.3 is 0 Å². The zero-order chi connectivity index (χ0) is 18.3. The van der Waals surface area contributed by atoms with Crippen LogP contribution in [0.2, 0.25) is 0 Å². The number of oxime groups is 1. The second-order valence-electron chi connectivity index (χ2n) is 7.68. The Labute approximate surface area is 153 Å². The average molecular weight is 358 g/mol. The van der Waals surface area contributed by atoms with Gasteiger partial charge in [-0.25, -0.2) is 5.43 Å². The van der Waals surface area contributed by atoms with Crippen LogP contribution in [-0.4, -0.2) is 48.4 Å². The number of likely N-dealkylation sites (tertiary alicyclic amines) is 1. The van der Waals surface area contributed by atoms with Crippen molar-refractivity contribution in [2.24, 2.45) is 11.1 Å². The molecule has 0 spiro atoms. The number of hydrogen-bond acceptors (Lipinski definition) is 6. The largest absolute Gasteiger partial charge is 0.497 e. The summed E-state index contributed by atoms with van der Waals surface area (Å²) in [5.74, 6) is 1.18. The lowest BCUT2D eigenvalue weighted by atomic mass is 9.84. The van der Waals surface area contributed by atoms with E-state index in [9.17, 15) is 4.79 Å². The van der Waals surface area contributed by atoms with E-state index in [2.05, 4.69) is 28.1 Å². The first kappa shape index (κ1) is 17.3. The molecule has 2 fully saturated rings. The maximum Gasteiger partial charge on any atom is 0.269 e. The second-order valence-corrected chi connectivity index (χ2v) is 7.68. The summed E-state index contributed by atoms with van der Waals surface area (Å²) in [6.45, 7) is 5.17. The highest BCUT2D eigenvalue weighted by atomic mass is 16.7. The van der Waals surface area contributed by atoms with Gasteiger partial charge in [0.05, 0.1) is 18.9 Å². The molecule has 4 rings (SSSR count). The molecule has 0 saturated carbocycles. The molecule has 7 heteroatoms. The van der Waals surface area contributed by atoms with Gasteiger partial charge in [-0.3, -0.25) is 10.2 Å². The first-order valence-electron chi connectivity index (χ1n) is 9.16. The quantitative estimate of drug-likeness (QED) is 0.859. The highest BCUT2D eigenvalue weighted by Gasteiger charge is 2.48. The van der Waals surface area contributed by atoms with Gasteiger partial charge in [0.25, 0.3) is 5.91 Å². The van der Waals surface area contributed by atoms with Gasteiger partial charge < -0.3 is 14.5 Å². The van der Waals surface area contributed by atoms with Crippen LogP contribution in [-0.2, 0) is 9.63 Å². The lowest BCUT2D eigenvalue weighted by Gasteiger charge is -2.38. The molecule has 3 aliphatic heterocycles. The van der Waals surface area contributed by atoms with E-state index in [-0.39, 0.29) is 11.9 Å². The summed E-state index contributed by atoms with van der Waals surface area (Å²) in [7, 11) is 1.68. The predicted molar refractivity (Wildman–Crippen MR) is 97.7 cm³/mol. The summed E-state index contributed by atoms with van der Waals surface area (Å²) >= 11 is 0. The molecule has 3 aliphatic rings. The SMILES string of the molecule is COc1cccc(C2NNC3CCN(C(=O)C4(C)CC(C)=NO4)CC32)c1. The van der Waals surface area contributed by atoms with Crippen molar-refractivity contribution in [2.75, 3.05) is 20.2 Å². The van der Waals surface area contributed by atoms with Gasteiger partial charge in [-0.05, 0) is 38.0 Å². The number of hydrazine groups is 1. The Morgan fingerprint density at radius 2 is 2.27 bits per heavy atom. The second kappa shape index (κ2) is 6.55. The summed E-state index contributed by atoms with van der Waals surface area (Å²) in [5.41, 5.74) is 8.00. The molecule has 0 aliphatic carbocycles. The van der Waals surface area contributed by atoms with Gasteiger partial charge in [-0.2, -0.15) is 0 Å². The fourth-order valence-electron chi connectivity index (χ4n) is 4.33. The number of nitrogens with zero attached hydrogens (tertiary/aromatic N) is 2. The molecule has 0 bridgehead atoms. The normalized spacial score (nSPS) is 33.4. The monoisotopic (exact) mass is 358 g/mol. The smallest absolute Gasteiger partial charge is 0.269 e. The number of rotatable bonds is 3. The molecule has 4 atom stereocenters. The number of hydrogen-bond donors (Lipinski definition) is 2. The minimum atomic E-state index is -0.859. The molecule has 0 aromatic heterocycles. The maximum absolute atomic E-state index is 13.1. The number of ether oxygens (including phenoxy) is 1. The van der Waals surface area contributed by atoms with Crippen molar-refractivity contribution in [3.05, 3.63) is 29.8 Å². The van der Waals surface area contributed by atoms with Crippen LogP contribution < -0.4 is 15.6 Å². The van der Waals surface area contributed by atoms with E-state index in [0.29, 0.717) is 24.9 Å². The van der Waals surface area contributed by atoms with Gasteiger partial charge in [0.15, 0.2) is 0 Å². The highest BCUT2D eigenvalue weighted by molar-refractivity contribution is 5.94. The molecule has 26 heavy (non-hydrogen) atoms. The van der Waals surface area contributed by atoms with E-state index in [4.69, 9.17) is 9.57 Å². The number of piperidine rings is 1. The van der Waals surface area contributed by atoms with Crippen molar-refractivity contribution >= 4 is 11.6 Å². The zero-order valence-electron chi connectivity index (χ0n) is 15.5. The molecule has 0 radical (unpaired) electrons. The van der Waals surface area contributed by atoms with E-state index in [1.54, 1.807) is 7.11 Å². The van der Waals surface area contributed by atoms with Gasteiger partial charge in [0, 0.05) is 31.5 Å². The molecule has 2 N–H and O–H groups in total. The van der Waals surface area contributed by atoms with E-state index in [0.717, 1.165) is 24.4 Å². The third-order valence-corrected chi connectivity index (χ3v) is 5.70. The van der Waals surface area contributed by atoms with Crippen molar-refractivity contribution in [3.8, 4) is 5.75 Å². The average Bonchev–Trinajstić information content (AvgIpc) is 3.24. The third-order valence-electron chi connectivity index (χ3n) is 5.70. The minimum absolute atomic E-state index is 0.0350. The Morgan fingerprint density at radius 3 is 3.00 bits per heavy atom. The molecule has 3 heterocycles. The first-order chi connectivity index (χ1) is 12.5. The van der Waals surface area contributed by atoms with Crippen LogP contribution in [0.5, 0.6) is 5.75 Å². The number of carbonyl (C=O) groups is 1. The number of amides is 1. The number of carbonyl (C=O) groups excluding carboxylic acids is 1. The Balaban J connectivity index is 1.51. The summed E-state index contributed by atoms with van der Waals surface area (Å²) in [6, 6.07) is 8.60. The van der Waals surface area contributed by atoms with Crippen molar-refractivity contribution < 1.29 is 14.4 Å². The summed E-state index contributed by atoms with van der Waals surface area (Å²) in [6.07, 6.45) is 1.48. The minimum Gasteiger partial charge on any atom is -0.497 e. The number of methoxy groups -OCH3 is 1. The van der Waals surface area contributed by atoms with Crippen molar-refractivity contribution in [2.45, 2.75) is 44.4 Å². The Kier molecular flexibility index (Phi) is 4.36. The third kappa shape index (κ3) is 2.95. The fourth-order valence-corrected chi connectivity index (χ4v) is 4.33. The van der Waals surface area contributed by atoms with E-state index in [1.165, 1.54) is 5.56 Å². The lowest BCUT2D eigenvalue weighted by Crippen LogP contribution is -2.54. The van der Waals surface area contributed by atoms with Crippen molar-refractivity contribution in [3.63, 3.8) is 0 Å². The van der Waals surface area contributed by atoms with Crippen LogP contribution >= 0.6 is 0 Å². The van der Waals surface area contributed by atoms with Crippen LogP contribution in [0, 0.1) is 5.92 Å². The molecular formula is C19H26N4O3. The molecule has 1 aromatic carbocycles. The maximum atomic E-state index is 13.1. The lowest BCUT2D eigenvalue weighted by molar-refractivity contribution is -0.155. The fraction of sp³-hybridized carbons (Fsp3) is 0.579. The van der Waals surface area contributed by atoms with Crippen LogP contribution in [0.4, 0.5) is 0 Å². The van der Waals surface area contributed by atoms with Crippen LogP contribution in [0.3, 0.4) is 0 Å². The van der Waals surface area contributed by atoms with Crippen LogP contribution in [0.25, 0.3) is 0 Å². The van der Waals surface area contributed by atoms with Gasteiger partial charge in [-0.1, -0.05) is 17.3 Å². The summed E-state index contributed by atoms with van der Waals surface area (Å²) in [5, 5.41) is 3.98. The first-order valence-corrected chi connectivity index (χ1v) is 9.16. The molecule has 1 amide bonds. The highest BCUT2D eigenvalue weighted by Crippen LogP contribution is 2.36. The Morgan fingerprint density at radius 1 is 1.42 bits per heavy atom. The molecule has 1 aromatic rings. The molecule has 4 unspecified atom stereocenters. The predicted octanol–water partition coefficient (Wildman–Crippen LogP) is 1.62. The zero-order valence-corrected chi connectivity index (χ0v) is 15.5. The molecule has 140 valence electrons. The van der Waals surface area contributed by atoms with Gasteiger partial charge in [0.1, 0.15) is 5.75 Å². The Hall–Kier alpha value is -2.12.